The zero-order chi connectivity index (χ0) is 11.5. The summed E-state index contributed by atoms with van der Waals surface area (Å²) in [7, 11) is 1.96. The van der Waals surface area contributed by atoms with Crippen LogP contribution in [-0.4, -0.2) is 27.0 Å². The molecule has 90 valence electrons. The van der Waals surface area contributed by atoms with E-state index in [1.54, 1.807) is 0 Å². The summed E-state index contributed by atoms with van der Waals surface area (Å²) in [5.74, 6) is 0. The molecule has 2 atom stereocenters. The van der Waals surface area contributed by atoms with E-state index in [0.717, 1.165) is 31.5 Å². The Balaban J connectivity index is 1.89. The molecule has 0 radical (unpaired) electrons. The molecule has 1 aromatic rings. The van der Waals surface area contributed by atoms with Gasteiger partial charge >= 0.3 is 0 Å². The first-order chi connectivity index (χ1) is 7.66. The molecular weight excluding hydrogens is 202 g/mol. The number of nitrogens with zero attached hydrogens (tertiary/aromatic N) is 2. The maximum absolute atomic E-state index is 9.84. The highest BCUT2D eigenvalue weighted by Crippen LogP contribution is 2.18. The van der Waals surface area contributed by atoms with E-state index in [1.165, 1.54) is 12.1 Å². The van der Waals surface area contributed by atoms with Gasteiger partial charge in [0.15, 0.2) is 0 Å². The first-order valence-electron chi connectivity index (χ1n) is 6.08. The lowest BCUT2D eigenvalue weighted by molar-refractivity contribution is 0.0899. The quantitative estimate of drug-likeness (QED) is 0.807. The van der Waals surface area contributed by atoms with Gasteiger partial charge in [0.05, 0.1) is 17.5 Å². The summed E-state index contributed by atoms with van der Waals surface area (Å²) in [4.78, 5) is 0. The summed E-state index contributed by atoms with van der Waals surface area (Å²) in [5.41, 5.74) is 2.22. The van der Waals surface area contributed by atoms with Gasteiger partial charge in [-0.3, -0.25) is 4.68 Å². The Morgan fingerprint density at radius 3 is 2.88 bits per heavy atom. The van der Waals surface area contributed by atoms with Gasteiger partial charge < -0.3 is 10.4 Å². The second kappa shape index (κ2) is 4.97. The van der Waals surface area contributed by atoms with E-state index in [0.29, 0.717) is 0 Å². The molecule has 1 heterocycles. The van der Waals surface area contributed by atoms with E-state index in [2.05, 4.69) is 16.5 Å². The molecular formula is C12H21N3O. The number of rotatable bonds is 3. The summed E-state index contributed by atoms with van der Waals surface area (Å²) < 4.78 is 1.90. The molecule has 1 fully saturated rings. The van der Waals surface area contributed by atoms with E-state index >= 15 is 0 Å². The van der Waals surface area contributed by atoms with Crippen LogP contribution in [0.3, 0.4) is 0 Å². The van der Waals surface area contributed by atoms with Crippen LogP contribution in [0.1, 0.15) is 37.1 Å². The standard InChI is InChI=1S/C12H21N3O/c1-9-7-10(15(2)14-9)8-13-11-5-3-4-6-12(11)16/h7,11-13,16H,3-6,8H2,1-2H3. The largest absolute Gasteiger partial charge is 0.392 e. The highest BCUT2D eigenvalue weighted by molar-refractivity contribution is 5.08. The van der Waals surface area contributed by atoms with Crippen LogP contribution >= 0.6 is 0 Å². The Kier molecular flexibility index (Phi) is 3.61. The minimum atomic E-state index is -0.178. The van der Waals surface area contributed by atoms with Crippen molar-refractivity contribution < 1.29 is 5.11 Å². The minimum absolute atomic E-state index is 0.178. The summed E-state index contributed by atoms with van der Waals surface area (Å²) in [6.45, 7) is 2.79. The van der Waals surface area contributed by atoms with Crippen LogP contribution in [0.15, 0.2) is 6.07 Å². The molecule has 2 N–H and O–H groups in total. The summed E-state index contributed by atoms with van der Waals surface area (Å²) in [6.07, 6.45) is 4.21. The number of hydrogen-bond donors (Lipinski definition) is 2. The Hall–Kier alpha value is -0.870. The first-order valence-corrected chi connectivity index (χ1v) is 6.08. The van der Waals surface area contributed by atoms with Crippen LogP contribution in [0.2, 0.25) is 0 Å². The number of nitrogens with one attached hydrogen (secondary N) is 1. The highest BCUT2D eigenvalue weighted by Gasteiger charge is 2.22. The van der Waals surface area contributed by atoms with E-state index in [9.17, 15) is 5.11 Å². The molecule has 0 aromatic carbocycles. The molecule has 0 spiro atoms. The monoisotopic (exact) mass is 223 g/mol. The van der Waals surface area contributed by atoms with E-state index in [-0.39, 0.29) is 12.1 Å². The lowest BCUT2D eigenvalue weighted by Gasteiger charge is -2.28. The van der Waals surface area contributed by atoms with Crippen molar-refractivity contribution in [2.75, 3.05) is 0 Å². The van der Waals surface area contributed by atoms with Crippen molar-refractivity contribution in [1.29, 1.82) is 0 Å². The molecule has 4 nitrogen and oxygen atoms in total. The Labute approximate surface area is 96.7 Å². The number of hydrogen-bond acceptors (Lipinski definition) is 3. The number of aliphatic hydroxyl groups is 1. The summed E-state index contributed by atoms with van der Waals surface area (Å²) in [5, 5.41) is 17.6. The Morgan fingerprint density at radius 1 is 1.50 bits per heavy atom. The third kappa shape index (κ3) is 2.62. The fourth-order valence-corrected chi connectivity index (χ4v) is 2.41. The highest BCUT2D eigenvalue weighted by atomic mass is 16.3. The average molecular weight is 223 g/mol. The molecule has 2 unspecified atom stereocenters. The molecule has 0 saturated heterocycles. The van der Waals surface area contributed by atoms with Crippen LogP contribution in [-0.2, 0) is 13.6 Å². The zero-order valence-corrected chi connectivity index (χ0v) is 10.1. The van der Waals surface area contributed by atoms with Crippen LogP contribution < -0.4 is 5.32 Å². The predicted octanol–water partition coefficient (Wildman–Crippen LogP) is 1.12. The molecule has 0 amide bonds. The van der Waals surface area contributed by atoms with Gasteiger partial charge in [0.1, 0.15) is 0 Å². The molecule has 1 saturated carbocycles. The van der Waals surface area contributed by atoms with Gasteiger partial charge in [-0.15, -0.1) is 0 Å². The van der Waals surface area contributed by atoms with Crippen molar-refractivity contribution in [3.8, 4) is 0 Å². The van der Waals surface area contributed by atoms with E-state index in [1.807, 2.05) is 18.7 Å². The van der Waals surface area contributed by atoms with Gasteiger partial charge in [-0.2, -0.15) is 5.10 Å². The summed E-state index contributed by atoms with van der Waals surface area (Å²) >= 11 is 0. The topological polar surface area (TPSA) is 50.1 Å². The van der Waals surface area contributed by atoms with Crippen LogP contribution in [0.4, 0.5) is 0 Å². The van der Waals surface area contributed by atoms with Crippen molar-refractivity contribution in [2.24, 2.45) is 7.05 Å². The fourth-order valence-electron chi connectivity index (χ4n) is 2.41. The SMILES string of the molecule is Cc1cc(CNC2CCCCC2O)n(C)n1. The molecule has 4 heteroatoms. The predicted molar refractivity (Wildman–Crippen MR) is 63.0 cm³/mol. The third-order valence-corrected chi connectivity index (χ3v) is 3.37. The smallest absolute Gasteiger partial charge is 0.0693 e. The minimum Gasteiger partial charge on any atom is -0.392 e. The Morgan fingerprint density at radius 2 is 2.25 bits per heavy atom. The van der Waals surface area contributed by atoms with Gasteiger partial charge in [-0.05, 0) is 25.8 Å². The number of aliphatic hydroxyl groups excluding tert-OH is 1. The lowest BCUT2D eigenvalue weighted by atomic mass is 9.92. The Bertz CT molecular complexity index is 348. The fraction of sp³-hybridized carbons (Fsp3) is 0.750. The first kappa shape index (κ1) is 11.6. The molecule has 0 aliphatic heterocycles. The van der Waals surface area contributed by atoms with Crippen molar-refractivity contribution in [1.82, 2.24) is 15.1 Å². The van der Waals surface area contributed by atoms with Gasteiger partial charge in [-0.1, -0.05) is 12.8 Å². The number of aromatic nitrogens is 2. The van der Waals surface area contributed by atoms with E-state index < -0.39 is 0 Å². The average Bonchev–Trinajstić information content (AvgIpc) is 2.56. The maximum Gasteiger partial charge on any atom is 0.0693 e. The molecule has 1 aliphatic carbocycles. The van der Waals surface area contributed by atoms with Crippen molar-refractivity contribution in [3.05, 3.63) is 17.5 Å². The summed E-state index contributed by atoms with van der Waals surface area (Å²) in [6, 6.07) is 2.34. The van der Waals surface area contributed by atoms with Gasteiger partial charge in [-0.25, -0.2) is 0 Å². The number of aryl methyl sites for hydroxylation is 2. The van der Waals surface area contributed by atoms with Gasteiger partial charge in [0.2, 0.25) is 0 Å². The van der Waals surface area contributed by atoms with Crippen molar-refractivity contribution in [3.63, 3.8) is 0 Å². The van der Waals surface area contributed by atoms with Crippen LogP contribution in [0.5, 0.6) is 0 Å². The van der Waals surface area contributed by atoms with Crippen LogP contribution in [0, 0.1) is 6.92 Å². The van der Waals surface area contributed by atoms with Crippen LogP contribution in [0.25, 0.3) is 0 Å². The molecule has 1 aromatic heterocycles. The third-order valence-electron chi connectivity index (χ3n) is 3.37. The lowest BCUT2D eigenvalue weighted by Crippen LogP contribution is -2.41. The zero-order valence-electron chi connectivity index (χ0n) is 10.1. The molecule has 1 aliphatic rings. The van der Waals surface area contributed by atoms with Gasteiger partial charge in [0.25, 0.3) is 0 Å². The van der Waals surface area contributed by atoms with E-state index in [4.69, 9.17) is 0 Å². The second-order valence-electron chi connectivity index (χ2n) is 4.74. The molecule has 0 bridgehead atoms. The van der Waals surface area contributed by atoms with Crippen molar-refractivity contribution in [2.45, 2.75) is 51.3 Å². The molecule has 2 rings (SSSR count). The molecule has 16 heavy (non-hydrogen) atoms. The van der Waals surface area contributed by atoms with Gasteiger partial charge in [0, 0.05) is 19.6 Å². The second-order valence-corrected chi connectivity index (χ2v) is 4.74. The normalized spacial score (nSPS) is 25.9. The maximum atomic E-state index is 9.84. The van der Waals surface area contributed by atoms with Crippen molar-refractivity contribution >= 4 is 0 Å².